The van der Waals surface area contributed by atoms with E-state index in [1.165, 1.54) is 10.9 Å². The average molecular weight is 309 g/mol. The lowest BCUT2D eigenvalue weighted by molar-refractivity contribution is -0.0516. The van der Waals surface area contributed by atoms with Crippen LogP contribution in [0.5, 0.6) is 0 Å². The SMILES string of the molecule is C=COC1C(CO)OC(n2cnc3c(=O)[nH]c(N)nc32)C1O. The Balaban J connectivity index is 2.04. The zero-order valence-corrected chi connectivity index (χ0v) is 11.4. The highest BCUT2D eigenvalue weighted by Gasteiger charge is 2.46. The van der Waals surface area contributed by atoms with E-state index in [1.54, 1.807) is 0 Å². The molecule has 0 aromatic carbocycles. The van der Waals surface area contributed by atoms with Gasteiger partial charge in [-0.3, -0.25) is 14.3 Å². The fraction of sp³-hybridized carbons (Fsp3) is 0.417. The van der Waals surface area contributed by atoms with Gasteiger partial charge in [0.2, 0.25) is 5.95 Å². The fourth-order valence-electron chi connectivity index (χ4n) is 2.50. The molecule has 0 bridgehead atoms. The van der Waals surface area contributed by atoms with Crippen LogP contribution in [0.3, 0.4) is 0 Å². The molecule has 22 heavy (non-hydrogen) atoms. The minimum atomic E-state index is -1.12. The third-order valence-corrected chi connectivity index (χ3v) is 3.47. The summed E-state index contributed by atoms with van der Waals surface area (Å²) in [6.45, 7) is 3.07. The highest BCUT2D eigenvalue weighted by Crippen LogP contribution is 2.32. The van der Waals surface area contributed by atoms with Crippen LogP contribution in [-0.4, -0.2) is 54.7 Å². The van der Waals surface area contributed by atoms with Crippen molar-refractivity contribution in [3.63, 3.8) is 0 Å². The van der Waals surface area contributed by atoms with Crippen LogP contribution < -0.4 is 11.3 Å². The van der Waals surface area contributed by atoms with Crippen molar-refractivity contribution in [2.45, 2.75) is 24.5 Å². The molecule has 4 unspecified atom stereocenters. The summed E-state index contributed by atoms with van der Waals surface area (Å²) in [7, 11) is 0. The molecule has 5 N–H and O–H groups in total. The lowest BCUT2D eigenvalue weighted by Gasteiger charge is -2.18. The summed E-state index contributed by atoms with van der Waals surface area (Å²) >= 11 is 0. The van der Waals surface area contributed by atoms with Crippen molar-refractivity contribution in [2.75, 3.05) is 12.3 Å². The number of imidazole rings is 1. The molecule has 2 aromatic rings. The second-order valence-electron chi connectivity index (χ2n) is 4.78. The maximum absolute atomic E-state index is 11.8. The van der Waals surface area contributed by atoms with Gasteiger partial charge in [0.1, 0.15) is 12.2 Å². The standard InChI is InChI=1S/C12H15N5O5/c1-2-21-8-5(3-18)22-11(7(8)19)17-4-14-6-9(17)15-12(13)16-10(6)20/h2,4-5,7-8,11,18-19H,1,3H2,(H3,13,15,16,20). The van der Waals surface area contributed by atoms with Crippen LogP contribution in [0.4, 0.5) is 5.95 Å². The highest BCUT2D eigenvalue weighted by molar-refractivity contribution is 5.70. The number of anilines is 1. The number of nitrogens with zero attached hydrogens (tertiary/aromatic N) is 3. The number of hydrogen-bond donors (Lipinski definition) is 4. The van der Waals surface area contributed by atoms with E-state index in [-0.39, 0.29) is 23.7 Å². The predicted octanol–water partition coefficient (Wildman–Crippen LogP) is -1.52. The first-order chi connectivity index (χ1) is 10.6. The van der Waals surface area contributed by atoms with Gasteiger partial charge in [-0.25, -0.2) is 4.98 Å². The lowest BCUT2D eigenvalue weighted by atomic mass is 10.1. The quantitative estimate of drug-likeness (QED) is 0.498. The van der Waals surface area contributed by atoms with Crippen LogP contribution in [0.2, 0.25) is 0 Å². The first-order valence-corrected chi connectivity index (χ1v) is 6.50. The van der Waals surface area contributed by atoms with Crippen LogP contribution in [0.1, 0.15) is 6.23 Å². The Labute approximate surface area is 123 Å². The highest BCUT2D eigenvalue weighted by atomic mass is 16.6. The van der Waals surface area contributed by atoms with Gasteiger partial charge in [0.15, 0.2) is 23.5 Å². The Morgan fingerprint density at radius 3 is 3.09 bits per heavy atom. The molecule has 1 fully saturated rings. The van der Waals surface area contributed by atoms with Gasteiger partial charge in [-0.05, 0) is 0 Å². The van der Waals surface area contributed by atoms with Gasteiger partial charge in [0.05, 0.1) is 19.2 Å². The molecule has 0 amide bonds. The van der Waals surface area contributed by atoms with Gasteiger partial charge in [-0.1, -0.05) is 6.58 Å². The normalized spacial score (nSPS) is 28.1. The Morgan fingerprint density at radius 1 is 1.64 bits per heavy atom. The van der Waals surface area contributed by atoms with Crippen LogP contribution in [0.15, 0.2) is 24.0 Å². The number of fused-ring (bicyclic) bond motifs is 1. The number of H-pyrrole nitrogens is 1. The van der Waals surface area contributed by atoms with Gasteiger partial charge in [-0.15, -0.1) is 0 Å². The van der Waals surface area contributed by atoms with E-state index in [0.29, 0.717) is 0 Å². The molecule has 118 valence electrons. The molecular weight excluding hydrogens is 294 g/mol. The van der Waals surface area contributed by atoms with Crippen molar-refractivity contribution < 1.29 is 19.7 Å². The van der Waals surface area contributed by atoms with Gasteiger partial charge in [0, 0.05) is 0 Å². The molecular formula is C12H15N5O5. The Morgan fingerprint density at radius 2 is 2.41 bits per heavy atom. The number of aromatic nitrogens is 4. The third-order valence-electron chi connectivity index (χ3n) is 3.47. The summed E-state index contributed by atoms with van der Waals surface area (Å²) in [5.74, 6) is -0.0793. The van der Waals surface area contributed by atoms with Crippen molar-refractivity contribution in [1.82, 2.24) is 19.5 Å². The van der Waals surface area contributed by atoms with Crippen molar-refractivity contribution in [3.05, 3.63) is 29.5 Å². The number of nitrogens with one attached hydrogen (secondary N) is 1. The van der Waals surface area contributed by atoms with Crippen molar-refractivity contribution >= 4 is 17.1 Å². The average Bonchev–Trinajstić information content (AvgIpc) is 3.02. The molecule has 0 aliphatic carbocycles. The summed E-state index contributed by atoms with van der Waals surface area (Å²) < 4.78 is 12.1. The van der Waals surface area contributed by atoms with Gasteiger partial charge < -0.3 is 25.4 Å². The first-order valence-electron chi connectivity index (χ1n) is 6.50. The van der Waals surface area contributed by atoms with Crippen LogP contribution >= 0.6 is 0 Å². The Kier molecular flexibility index (Phi) is 3.56. The fourth-order valence-corrected chi connectivity index (χ4v) is 2.50. The molecule has 2 aromatic heterocycles. The number of aliphatic hydroxyl groups excluding tert-OH is 2. The maximum atomic E-state index is 11.8. The molecule has 1 aliphatic rings. The number of aliphatic hydroxyl groups is 2. The predicted molar refractivity (Wildman–Crippen MR) is 74.6 cm³/mol. The first kappa shape index (κ1) is 14.5. The molecule has 10 heteroatoms. The summed E-state index contributed by atoms with van der Waals surface area (Å²) in [6, 6.07) is 0. The zero-order chi connectivity index (χ0) is 15.9. The smallest absolute Gasteiger partial charge is 0.280 e. The maximum Gasteiger partial charge on any atom is 0.280 e. The van der Waals surface area contributed by atoms with E-state index in [9.17, 15) is 15.0 Å². The molecule has 4 atom stereocenters. The van der Waals surface area contributed by atoms with Gasteiger partial charge >= 0.3 is 0 Å². The molecule has 0 spiro atoms. The van der Waals surface area contributed by atoms with E-state index in [4.69, 9.17) is 15.2 Å². The van der Waals surface area contributed by atoms with E-state index in [0.717, 1.165) is 6.26 Å². The van der Waals surface area contributed by atoms with E-state index in [2.05, 4.69) is 21.5 Å². The number of aromatic amines is 1. The van der Waals surface area contributed by atoms with Crippen LogP contribution in [0, 0.1) is 0 Å². The number of ether oxygens (including phenoxy) is 2. The van der Waals surface area contributed by atoms with Crippen molar-refractivity contribution in [2.24, 2.45) is 0 Å². The van der Waals surface area contributed by atoms with Gasteiger partial charge in [-0.2, -0.15) is 4.98 Å². The summed E-state index contributed by atoms with van der Waals surface area (Å²) in [6.07, 6.45) is -1.13. The largest absolute Gasteiger partial charge is 0.493 e. The van der Waals surface area contributed by atoms with E-state index < -0.39 is 30.1 Å². The molecule has 1 saturated heterocycles. The molecule has 3 rings (SSSR count). The van der Waals surface area contributed by atoms with E-state index in [1.807, 2.05) is 0 Å². The second kappa shape index (κ2) is 5.40. The molecule has 3 heterocycles. The monoisotopic (exact) mass is 309 g/mol. The number of nitrogen functional groups attached to an aromatic ring is 1. The van der Waals surface area contributed by atoms with E-state index >= 15 is 0 Å². The van der Waals surface area contributed by atoms with Crippen LogP contribution in [0.25, 0.3) is 11.2 Å². The minimum Gasteiger partial charge on any atom is -0.493 e. The molecule has 1 aliphatic heterocycles. The molecule has 0 radical (unpaired) electrons. The zero-order valence-electron chi connectivity index (χ0n) is 11.4. The van der Waals surface area contributed by atoms with Gasteiger partial charge in [0.25, 0.3) is 5.56 Å². The minimum absolute atomic E-state index is 0.0682. The molecule has 10 nitrogen and oxygen atoms in total. The second-order valence-corrected chi connectivity index (χ2v) is 4.78. The van der Waals surface area contributed by atoms with Crippen LogP contribution in [-0.2, 0) is 9.47 Å². The lowest BCUT2D eigenvalue weighted by Crippen LogP contribution is -2.34. The topological polar surface area (TPSA) is 149 Å². The number of rotatable bonds is 4. The number of nitrogens with two attached hydrogens (primary N) is 1. The third kappa shape index (κ3) is 2.13. The van der Waals surface area contributed by atoms with Crippen molar-refractivity contribution in [3.8, 4) is 0 Å². The Hall–Kier alpha value is -2.43. The summed E-state index contributed by atoms with van der Waals surface area (Å²) in [5.41, 5.74) is 5.27. The summed E-state index contributed by atoms with van der Waals surface area (Å²) in [5, 5.41) is 19.7. The Bertz CT molecular complexity index is 756. The summed E-state index contributed by atoms with van der Waals surface area (Å²) in [4.78, 5) is 22.0. The number of hydrogen-bond acceptors (Lipinski definition) is 8. The van der Waals surface area contributed by atoms with Crippen molar-refractivity contribution in [1.29, 1.82) is 0 Å². The molecule has 0 saturated carbocycles.